The fourth-order valence-electron chi connectivity index (χ4n) is 2.70. The molecule has 0 saturated carbocycles. The molecule has 0 amide bonds. The number of Topliss-reactive ketones (excluding diaryl/α,β-unsaturated/α-hetero) is 1. The van der Waals surface area contributed by atoms with Gasteiger partial charge in [0.1, 0.15) is 6.10 Å². The van der Waals surface area contributed by atoms with Gasteiger partial charge < -0.3 is 4.74 Å². The maximum Gasteiger partial charge on any atom is 0.331 e. The van der Waals surface area contributed by atoms with Gasteiger partial charge in [0.15, 0.2) is 5.78 Å². The lowest BCUT2D eigenvalue weighted by atomic mass is 9.87. The van der Waals surface area contributed by atoms with E-state index >= 15 is 0 Å². The highest BCUT2D eigenvalue weighted by Gasteiger charge is 2.30. The monoisotopic (exact) mass is 326 g/mol. The van der Waals surface area contributed by atoms with Crippen molar-refractivity contribution in [2.75, 3.05) is 0 Å². The Balaban J connectivity index is 1.88. The molecule has 0 N–H and O–H groups in total. The van der Waals surface area contributed by atoms with E-state index in [1.807, 2.05) is 36.4 Å². The van der Waals surface area contributed by atoms with Crippen molar-refractivity contribution >= 4 is 23.4 Å². The van der Waals surface area contributed by atoms with E-state index in [2.05, 4.69) is 0 Å². The molecule has 0 radical (unpaired) electrons. The van der Waals surface area contributed by atoms with Crippen LogP contribution in [0.5, 0.6) is 0 Å². The highest BCUT2D eigenvalue weighted by molar-refractivity contribution is 6.30. The maximum absolute atomic E-state index is 12.6. The number of ketones is 1. The molecule has 2 aromatic carbocycles. The second-order valence-corrected chi connectivity index (χ2v) is 5.85. The molecular weight excluding hydrogens is 312 g/mol. The standard InChI is InChI=1S/C19H15ClO3/c20-15-8-4-7-14(11-15)16(18-9-10-19(22)23-18)12-17(21)13-5-2-1-3-6-13/h1-11,16,18H,12H2/t16-,18-/m0/s1. The molecule has 3 rings (SSSR count). The molecule has 23 heavy (non-hydrogen) atoms. The molecule has 1 aliphatic rings. The summed E-state index contributed by atoms with van der Waals surface area (Å²) in [5.74, 6) is -0.634. The number of halogens is 1. The first kappa shape index (κ1) is 15.5. The van der Waals surface area contributed by atoms with E-state index in [1.165, 1.54) is 6.08 Å². The first-order valence-corrected chi connectivity index (χ1v) is 7.74. The van der Waals surface area contributed by atoms with Crippen LogP contribution in [0.1, 0.15) is 28.3 Å². The van der Waals surface area contributed by atoms with Crippen molar-refractivity contribution in [1.29, 1.82) is 0 Å². The van der Waals surface area contributed by atoms with E-state index in [0.717, 1.165) is 5.56 Å². The number of ether oxygens (including phenoxy) is 1. The molecule has 0 bridgehead atoms. The fourth-order valence-corrected chi connectivity index (χ4v) is 2.90. The molecular formula is C19H15ClO3. The summed E-state index contributed by atoms with van der Waals surface area (Å²) in [5.41, 5.74) is 1.53. The molecule has 1 aliphatic heterocycles. The predicted molar refractivity (Wildman–Crippen MR) is 88.6 cm³/mol. The molecule has 0 aliphatic carbocycles. The Kier molecular flexibility index (Phi) is 4.58. The molecule has 0 spiro atoms. The maximum atomic E-state index is 12.6. The quantitative estimate of drug-likeness (QED) is 0.611. The van der Waals surface area contributed by atoms with Gasteiger partial charge in [-0.15, -0.1) is 0 Å². The number of carbonyl (C=O) groups excluding carboxylic acids is 2. The SMILES string of the molecule is O=C1C=C[C@@H]([C@@H](CC(=O)c2ccccc2)c2cccc(Cl)c2)O1. The van der Waals surface area contributed by atoms with Crippen LogP contribution in [0.3, 0.4) is 0 Å². The van der Waals surface area contributed by atoms with Crippen LogP contribution in [0, 0.1) is 0 Å². The molecule has 2 atom stereocenters. The van der Waals surface area contributed by atoms with Crippen molar-refractivity contribution in [3.63, 3.8) is 0 Å². The summed E-state index contributed by atoms with van der Waals surface area (Å²) in [6, 6.07) is 16.4. The van der Waals surface area contributed by atoms with Crippen molar-refractivity contribution in [3.8, 4) is 0 Å². The number of rotatable bonds is 5. The van der Waals surface area contributed by atoms with Gasteiger partial charge in [-0.1, -0.05) is 54.1 Å². The molecule has 116 valence electrons. The molecule has 0 unspecified atom stereocenters. The van der Waals surface area contributed by atoms with Gasteiger partial charge in [-0.25, -0.2) is 4.79 Å². The van der Waals surface area contributed by atoms with Gasteiger partial charge in [-0.05, 0) is 23.8 Å². The molecule has 2 aromatic rings. The zero-order chi connectivity index (χ0) is 16.2. The van der Waals surface area contributed by atoms with Crippen molar-refractivity contribution in [2.45, 2.75) is 18.4 Å². The summed E-state index contributed by atoms with van der Waals surface area (Å²) in [6.45, 7) is 0. The Hall–Kier alpha value is -2.39. The fraction of sp³-hybridized carbons (Fsp3) is 0.158. The Bertz CT molecular complexity index is 752. The third kappa shape index (κ3) is 3.69. The normalized spacial score (nSPS) is 17.8. The zero-order valence-corrected chi connectivity index (χ0v) is 13.1. The van der Waals surface area contributed by atoms with Crippen LogP contribution in [0.4, 0.5) is 0 Å². The first-order valence-electron chi connectivity index (χ1n) is 7.36. The van der Waals surface area contributed by atoms with Crippen molar-refractivity contribution in [2.24, 2.45) is 0 Å². The largest absolute Gasteiger partial charge is 0.454 e. The lowest BCUT2D eigenvalue weighted by Crippen LogP contribution is -2.21. The molecule has 0 aromatic heterocycles. The Morgan fingerprint density at radius 1 is 1.13 bits per heavy atom. The third-order valence-corrected chi connectivity index (χ3v) is 4.08. The highest BCUT2D eigenvalue weighted by Crippen LogP contribution is 2.31. The highest BCUT2D eigenvalue weighted by atomic mass is 35.5. The van der Waals surface area contributed by atoms with Gasteiger partial charge in [0.05, 0.1) is 0 Å². The van der Waals surface area contributed by atoms with Crippen LogP contribution >= 0.6 is 11.6 Å². The minimum Gasteiger partial charge on any atom is -0.454 e. The van der Waals surface area contributed by atoms with Crippen molar-refractivity contribution in [1.82, 2.24) is 0 Å². The summed E-state index contributed by atoms with van der Waals surface area (Å²) in [6.07, 6.45) is 2.89. The zero-order valence-electron chi connectivity index (χ0n) is 12.3. The average molecular weight is 327 g/mol. The molecule has 0 saturated heterocycles. The lowest BCUT2D eigenvalue weighted by molar-refractivity contribution is -0.139. The van der Waals surface area contributed by atoms with E-state index in [1.54, 1.807) is 24.3 Å². The van der Waals surface area contributed by atoms with Crippen LogP contribution in [0.15, 0.2) is 66.7 Å². The molecule has 1 heterocycles. The number of benzene rings is 2. The first-order chi connectivity index (χ1) is 11.1. The number of hydrogen-bond donors (Lipinski definition) is 0. The van der Waals surface area contributed by atoms with E-state index < -0.39 is 6.10 Å². The van der Waals surface area contributed by atoms with Gasteiger partial charge in [0.25, 0.3) is 0 Å². The van der Waals surface area contributed by atoms with Crippen LogP contribution in [0.2, 0.25) is 5.02 Å². The van der Waals surface area contributed by atoms with Crippen LogP contribution in [-0.4, -0.2) is 17.9 Å². The van der Waals surface area contributed by atoms with Gasteiger partial charge in [-0.3, -0.25) is 4.79 Å². The second kappa shape index (κ2) is 6.80. The summed E-state index contributed by atoms with van der Waals surface area (Å²) in [5, 5.41) is 0.591. The van der Waals surface area contributed by atoms with E-state index in [-0.39, 0.29) is 24.1 Å². The minimum absolute atomic E-state index is 0.00641. The Morgan fingerprint density at radius 2 is 1.91 bits per heavy atom. The van der Waals surface area contributed by atoms with Gasteiger partial charge in [0.2, 0.25) is 0 Å². The van der Waals surface area contributed by atoms with Crippen molar-refractivity contribution < 1.29 is 14.3 Å². The van der Waals surface area contributed by atoms with E-state index in [9.17, 15) is 9.59 Å². The van der Waals surface area contributed by atoms with Gasteiger partial charge in [0, 0.05) is 29.0 Å². The summed E-state index contributed by atoms with van der Waals surface area (Å²) in [4.78, 5) is 23.9. The van der Waals surface area contributed by atoms with E-state index in [0.29, 0.717) is 10.6 Å². The summed E-state index contributed by atoms with van der Waals surface area (Å²) < 4.78 is 5.31. The summed E-state index contributed by atoms with van der Waals surface area (Å²) >= 11 is 6.07. The van der Waals surface area contributed by atoms with Crippen molar-refractivity contribution in [3.05, 3.63) is 82.9 Å². The Morgan fingerprint density at radius 3 is 2.57 bits per heavy atom. The van der Waals surface area contributed by atoms with Crippen LogP contribution in [-0.2, 0) is 9.53 Å². The minimum atomic E-state index is -0.450. The third-order valence-electron chi connectivity index (χ3n) is 3.85. The van der Waals surface area contributed by atoms with Crippen LogP contribution < -0.4 is 0 Å². The van der Waals surface area contributed by atoms with Gasteiger partial charge >= 0.3 is 5.97 Å². The molecule has 0 fully saturated rings. The Labute approximate surface area is 139 Å². The smallest absolute Gasteiger partial charge is 0.331 e. The van der Waals surface area contributed by atoms with E-state index in [4.69, 9.17) is 16.3 Å². The molecule has 3 nitrogen and oxygen atoms in total. The topological polar surface area (TPSA) is 43.4 Å². The van der Waals surface area contributed by atoms with Gasteiger partial charge in [-0.2, -0.15) is 0 Å². The lowest BCUT2D eigenvalue weighted by Gasteiger charge is -2.22. The molecule has 4 heteroatoms. The average Bonchev–Trinajstić information content (AvgIpc) is 2.99. The predicted octanol–water partition coefficient (Wildman–Crippen LogP) is 4.18. The van der Waals surface area contributed by atoms with Crippen LogP contribution in [0.25, 0.3) is 0 Å². The number of hydrogen-bond acceptors (Lipinski definition) is 3. The number of cyclic esters (lactones) is 1. The number of carbonyl (C=O) groups is 2. The second-order valence-electron chi connectivity index (χ2n) is 5.42. The summed E-state index contributed by atoms with van der Waals surface area (Å²) in [7, 11) is 0. The number of esters is 1.